The molecular weight excluding hydrogens is 465 g/mol. The smallest absolute Gasteiger partial charge is 0.278 e. The Hall–Kier alpha value is -3.55. The molecule has 3 amide bonds. The molecule has 4 rings (SSSR count). The van der Waals surface area contributed by atoms with Crippen LogP contribution in [0.1, 0.15) is 27.2 Å². The molecule has 0 bridgehead atoms. The summed E-state index contributed by atoms with van der Waals surface area (Å²) < 4.78 is 5.19. The van der Waals surface area contributed by atoms with Crippen molar-refractivity contribution in [2.45, 2.75) is 19.6 Å². The lowest BCUT2D eigenvalue weighted by Crippen LogP contribution is -2.33. The van der Waals surface area contributed by atoms with Gasteiger partial charge < -0.3 is 15.1 Å². The summed E-state index contributed by atoms with van der Waals surface area (Å²) in [5, 5.41) is 6.01. The van der Waals surface area contributed by atoms with Crippen LogP contribution in [0.25, 0.3) is 0 Å². The Morgan fingerprint density at radius 3 is 2.36 bits per heavy atom. The Labute approximate surface area is 200 Å². The third-order valence-electron chi connectivity index (χ3n) is 5.09. The molecule has 0 saturated heterocycles. The Morgan fingerprint density at radius 2 is 1.67 bits per heavy atom. The van der Waals surface area contributed by atoms with Gasteiger partial charge in [-0.2, -0.15) is 0 Å². The van der Waals surface area contributed by atoms with Gasteiger partial charge in [0, 0.05) is 17.1 Å². The highest BCUT2D eigenvalue weighted by Gasteiger charge is 2.37. The van der Waals surface area contributed by atoms with E-state index in [4.69, 9.17) is 27.6 Å². The van der Waals surface area contributed by atoms with Crippen molar-refractivity contribution >= 4 is 40.9 Å². The average molecular weight is 484 g/mol. The lowest BCUT2D eigenvalue weighted by Gasteiger charge is -2.16. The number of nitrogens with one attached hydrogen (secondary N) is 2. The number of imide groups is 1. The molecule has 7 nitrogen and oxygen atoms in total. The van der Waals surface area contributed by atoms with Crippen LogP contribution < -0.4 is 10.6 Å². The van der Waals surface area contributed by atoms with Crippen LogP contribution in [0.2, 0.25) is 5.02 Å². The monoisotopic (exact) mass is 483 g/mol. The Bertz CT molecular complexity index is 1220. The first-order valence-corrected chi connectivity index (χ1v) is 10.8. The second-order valence-corrected chi connectivity index (χ2v) is 8.07. The van der Waals surface area contributed by atoms with E-state index in [1.807, 2.05) is 0 Å². The van der Waals surface area contributed by atoms with Gasteiger partial charge in [0.25, 0.3) is 17.7 Å². The fourth-order valence-corrected chi connectivity index (χ4v) is 3.73. The van der Waals surface area contributed by atoms with E-state index in [1.54, 1.807) is 66.9 Å². The molecule has 0 radical (unpaired) electrons. The molecule has 3 aromatic rings. The third-order valence-corrected chi connectivity index (χ3v) is 5.81. The van der Waals surface area contributed by atoms with E-state index >= 15 is 0 Å². The topological polar surface area (TPSA) is 91.7 Å². The molecule has 2 aromatic carbocycles. The fraction of sp³-hybridized carbons (Fsp3) is 0.125. The number of halogens is 2. The minimum absolute atomic E-state index is 0.0283. The first-order valence-electron chi connectivity index (χ1n) is 10.1. The molecule has 1 aromatic heterocycles. The van der Waals surface area contributed by atoms with Gasteiger partial charge in [0.1, 0.15) is 16.5 Å². The summed E-state index contributed by atoms with van der Waals surface area (Å²) in [6.45, 7) is 0.571. The summed E-state index contributed by atoms with van der Waals surface area (Å²) >= 11 is 12.3. The van der Waals surface area contributed by atoms with Gasteiger partial charge in [0.15, 0.2) is 0 Å². The van der Waals surface area contributed by atoms with Gasteiger partial charge in [-0.3, -0.25) is 19.3 Å². The van der Waals surface area contributed by atoms with Gasteiger partial charge in [0.05, 0.1) is 19.4 Å². The molecule has 33 heavy (non-hydrogen) atoms. The zero-order chi connectivity index (χ0) is 23.4. The molecular formula is C24H19Cl2N3O4. The zero-order valence-corrected chi connectivity index (χ0v) is 18.8. The minimum atomic E-state index is -0.576. The summed E-state index contributed by atoms with van der Waals surface area (Å²) in [4.78, 5) is 38.6. The summed E-state index contributed by atoms with van der Waals surface area (Å²) in [5.41, 5.74) is 1.97. The molecule has 0 fully saturated rings. The van der Waals surface area contributed by atoms with Crippen LogP contribution >= 0.6 is 23.2 Å². The molecule has 0 aliphatic carbocycles. The maximum Gasteiger partial charge on any atom is 0.278 e. The lowest BCUT2D eigenvalue weighted by molar-refractivity contribution is -0.138. The van der Waals surface area contributed by atoms with Gasteiger partial charge >= 0.3 is 0 Å². The standard InChI is InChI=1S/C24H19Cl2N3O4/c25-19-6-2-1-4-17(19)14-29-23(31)20(26)21(24(29)32)27-12-15-7-9-16(10-8-15)22(30)28-13-18-5-3-11-33-18/h1-11,27H,12-14H2,(H,28,30). The number of hydrogen-bond donors (Lipinski definition) is 2. The molecule has 2 N–H and O–H groups in total. The fourth-order valence-electron chi connectivity index (χ4n) is 3.29. The Morgan fingerprint density at radius 1 is 0.909 bits per heavy atom. The number of rotatable bonds is 8. The summed E-state index contributed by atoms with van der Waals surface area (Å²) in [7, 11) is 0. The number of carbonyl (C=O) groups is 3. The third kappa shape index (κ3) is 5.10. The van der Waals surface area contributed by atoms with Crippen LogP contribution in [0.3, 0.4) is 0 Å². The molecule has 2 heterocycles. The van der Waals surface area contributed by atoms with Gasteiger partial charge in [-0.25, -0.2) is 0 Å². The van der Waals surface area contributed by atoms with E-state index in [0.717, 1.165) is 10.5 Å². The highest BCUT2D eigenvalue weighted by Crippen LogP contribution is 2.26. The van der Waals surface area contributed by atoms with Gasteiger partial charge in [0.2, 0.25) is 0 Å². The van der Waals surface area contributed by atoms with E-state index in [9.17, 15) is 14.4 Å². The summed E-state index contributed by atoms with van der Waals surface area (Å²) in [6, 6.07) is 17.4. The second kappa shape index (κ2) is 9.94. The summed E-state index contributed by atoms with van der Waals surface area (Å²) in [6.07, 6.45) is 1.55. The van der Waals surface area contributed by atoms with Gasteiger partial charge in [-0.1, -0.05) is 53.5 Å². The highest BCUT2D eigenvalue weighted by atomic mass is 35.5. The molecule has 1 aliphatic heterocycles. The highest BCUT2D eigenvalue weighted by molar-refractivity contribution is 6.47. The number of furan rings is 1. The predicted octanol–water partition coefficient (Wildman–Crippen LogP) is 3.97. The quantitative estimate of drug-likeness (QED) is 0.473. The average Bonchev–Trinajstić information content (AvgIpc) is 3.41. The number of amides is 3. The van der Waals surface area contributed by atoms with Crippen molar-refractivity contribution in [3.63, 3.8) is 0 Å². The molecule has 1 aliphatic rings. The van der Waals surface area contributed by atoms with Crippen LogP contribution in [0.5, 0.6) is 0 Å². The molecule has 168 valence electrons. The Kier molecular flexibility index (Phi) is 6.82. The first kappa shape index (κ1) is 22.6. The van der Waals surface area contributed by atoms with E-state index in [1.165, 1.54) is 0 Å². The number of hydrogen-bond acceptors (Lipinski definition) is 5. The van der Waals surface area contributed by atoms with Crippen molar-refractivity contribution in [1.29, 1.82) is 0 Å². The van der Waals surface area contributed by atoms with E-state index in [0.29, 0.717) is 28.5 Å². The van der Waals surface area contributed by atoms with Crippen LogP contribution in [-0.2, 0) is 29.2 Å². The van der Waals surface area contributed by atoms with E-state index in [2.05, 4.69) is 10.6 Å². The second-order valence-electron chi connectivity index (χ2n) is 7.29. The SMILES string of the molecule is O=C(NCc1ccco1)c1ccc(CNC2=C(Cl)C(=O)N(Cc3ccccc3Cl)C2=O)cc1. The van der Waals surface area contributed by atoms with Crippen molar-refractivity contribution in [2.75, 3.05) is 0 Å². The van der Waals surface area contributed by atoms with Gasteiger partial charge in [-0.15, -0.1) is 0 Å². The normalized spacial score (nSPS) is 13.6. The Balaban J connectivity index is 1.35. The number of carbonyl (C=O) groups excluding carboxylic acids is 3. The van der Waals surface area contributed by atoms with Crippen molar-refractivity contribution in [3.8, 4) is 0 Å². The van der Waals surface area contributed by atoms with Crippen LogP contribution in [0.15, 0.2) is 82.1 Å². The van der Waals surface area contributed by atoms with Crippen molar-refractivity contribution in [1.82, 2.24) is 15.5 Å². The lowest BCUT2D eigenvalue weighted by atomic mass is 10.1. The first-order chi connectivity index (χ1) is 15.9. The molecule has 0 spiro atoms. The molecule has 9 heteroatoms. The van der Waals surface area contributed by atoms with E-state index in [-0.39, 0.29) is 29.7 Å². The number of benzene rings is 2. The maximum atomic E-state index is 12.8. The molecule has 0 unspecified atom stereocenters. The van der Waals surface area contributed by atoms with E-state index < -0.39 is 11.8 Å². The van der Waals surface area contributed by atoms with Crippen LogP contribution in [0, 0.1) is 0 Å². The van der Waals surface area contributed by atoms with Crippen molar-refractivity contribution in [2.24, 2.45) is 0 Å². The maximum absolute atomic E-state index is 12.8. The van der Waals surface area contributed by atoms with Crippen molar-refractivity contribution in [3.05, 3.63) is 105 Å². The molecule has 0 atom stereocenters. The van der Waals surface area contributed by atoms with Crippen LogP contribution in [-0.4, -0.2) is 22.6 Å². The van der Waals surface area contributed by atoms with Crippen molar-refractivity contribution < 1.29 is 18.8 Å². The predicted molar refractivity (Wildman–Crippen MR) is 123 cm³/mol. The number of nitrogens with zero attached hydrogens (tertiary/aromatic N) is 1. The minimum Gasteiger partial charge on any atom is -0.467 e. The van der Waals surface area contributed by atoms with Crippen LogP contribution in [0.4, 0.5) is 0 Å². The molecule has 0 saturated carbocycles. The zero-order valence-electron chi connectivity index (χ0n) is 17.3. The largest absolute Gasteiger partial charge is 0.467 e. The van der Waals surface area contributed by atoms with Gasteiger partial charge in [-0.05, 0) is 41.5 Å². The summed E-state index contributed by atoms with van der Waals surface area (Å²) in [5.74, 6) is -0.663.